The zero-order valence-electron chi connectivity index (χ0n) is 12.3. The minimum Gasteiger partial charge on any atom is -0.324 e. The van der Waals surface area contributed by atoms with E-state index >= 15 is 0 Å². The Kier molecular flexibility index (Phi) is 4.48. The molecule has 6 nitrogen and oxygen atoms in total. The summed E-state index contributed by atoms with van der Waals surface area (Å²) in [6.45, 7) is 0. The first kappa shape index (κ1) is 16.4. The lowest BCUT2D eigenvalue weighted by Gasteiger charge is -2.07. The van der Waals surface area contributed by atoms with Gasteiger partial charge in [-0.1, -0.05) is 23.7 Å². The molecule has 0 aliphatic rings. The first-order valence-electron chi connectivity index (χ1n) is 6.91. The maximum Gasteiger partial charge on any atom is 0.238 e. The Balaban J connectivity index is 1.83. The van der Waals surface area contributed by atoms with E-state index in [0.29, 0.717) is 16.7 Å². The van der Waals surface area contributed by atoms with Crippen LogP contribution >= 0.6 is 11.6 Å². The highest BCUT2D eigenvalue weighted by Gasteiger charge is 2.07. The second kappa shape index (κ2) is 6.56. The number of hydrogen-bond donors (Lipinski definition) is 2. The molecule has 2 aromatic carbocycles. The minimum absolute atomic E-state index is 0.0453. The largest absolute Gasteiger partial charge is 0.324 e. The van der Waals surface area contributed by atoms with Crippen molar-refractivity contribution in [2.24, 2.45) is 5.14 Å². The van der Waals surface area contributed by atoms with Gasteiger partial charge in [-0.2, -0.15) is 0 Å². The van der Waals surface area contributed by atoms with Crippen molar-refractivity contribution in [1.29, 1.82) is 0 Å². The van der Waals surface area contributed by atoms with Gasteiger partial charge in [-0.3, -0.25) is 0 Å². The third-order valence-electron chi connectivity index (χ3n) is 3.23. The van der Waals surface area contributed by atoms with E-state index in [0.717, 1.165) is 11.3 Å². The molecule has 3 aromatic rings. The van der Waals surface area contributed by atoms with E-state index < -0.39 is 10.0 Å². The summed E-state index contributed by atoms with van der Waals surface area (Å²) in [6, 6.07) is 15.1. The highest BCUT2D eigenvalue weighted by atomic mass is 35.5. The standard InChI is InChI=1S/C16H13ClN4O2S/c17-12-3-1-11(2-4-12)15-9-10-19-16(21-15)20-13-5-7-14(8-6-13)24(18,22)23/h1-10H,(H2,18,22,23)(H,19,20,21). The van der Waals surface area contributed by atoms with Crippen LogP contribution in [-0.4, -0.2) is 18.4 Å². The van der Waals surface area contributed by atoms with Gasteiger partial charge in [0.05, 0.1) is 10.6 Å². The number of halogens is 1. The fraction of sp³-hybridized carbons (Fsp3) is 0. The van der Waals surface area contributed by atoms with E-state index in [9.17, 15) is 8.42 Å². The van der Waals surface area contributed by atoms with Crippen LogP contribution < -0.4 is 10.5 Å². The number of sulfonamides is 1. The molecule has 122 valence electrons. The first-order valence-corrected chi connectivity index (χ1v) is 8.83. The van der Waals surface area contributed by atoms with Gasteiger partial charge in [0, 0.05) is 22.5 Å². The Bertz CT molecular complexity index is 958. The quantitative estimate of drug-likeness (QED) is 0.744. The molecule has 3 N–H and O–H groups in total. The summed E-state index contributed by atoms with van der Waals surface area (Å²) in [5.74, 6) is 0.394. The second-order valence-corrected chi connectivity index (χ2v) is 6.96. The highest BCUT2D eigenvalue weighted by molar-refractivity contribution is 7.89. The molecule has 0 saturated carbocycles. The molecule has 8 heteroatoms. The summed E-state index contributed by atoms with van der Waals surface area (Å²) in [6.07, 6.45) is 1.64. The lowest BCUT2D eigenvalue weighted by Crippen LogP contribution is -2.11. The van der Waals surface area contributed by atoms with Crippen molar-refractivity contribution in [3.05, 3.63) is 65.8 Å². The molecule has 1 aromatic heterocycles. The number of nitrogens with zero attached hydrogens (tertiary/aromatic N) is 2. The van der Waals surface area contributed by atoms with E-state index in [1.54, 1.807) is 36.5 Å². The highest BCUT2D eigenvalue weighted by Crippen LogP contribution is 2.21. The molecule has 0 saturated heterocycles. The molecule has 1 heterocycles. The van der Waals surface area contributed by atoms with E-state index in [2.05, 4.69) is 15.3 Å². The van der Waals surface area contributed by atoms with Gasteiger partial charge in [0.15, 0.2) is 0 Å². The number of hydrogen-bond acceptors (Lipinski definition) is 5. The molecule has 0 unspecified atom stereocenters. The predicted molar refractivity (Wildman–Crippen MR) is 93.6 cm³/mol. The maximum atomic E-state index is 11.3. The average Bonchev–Trinajstić information content (AvgIpc) is 2.55. The molecule has 3 rings (SSSR count). The van der Waals surface area contributed by atoms with Crippen LogP contribution in [0.4, 0.5) is 11.6 Å². The van der Waals surface area contributed by atoms with Gasteiger partial charge in [-0.05, 0) is 42.5 Å². The van der Waals surface area contributed by atoms with Crippen molar-refractivity contribution in [3.8, 4) is 11.3 Å². The first-order chi connectivity index (χ1) is 11.4. The molecule has 0 bridgehead atoms. The van der Waals surface area contributed by atoms with Crippen molar-refractivity contribution in [1.82, 2.24) is 9.97 Å². The van der Waals surface area contributed by atoms with Gasteiger partial charge < -0.3 is 5.32 Å². The number of rotatable bonds is 4. The van der Waals surface area contributed by atoms with Gasteiger partial charge >= 0.3 is 0 Å². The average molecular weight is 361 g/mol. The SMILES string of the molecule is NS(=O)(=O)c1ccc(Nc2nccc(-c3ccc(Cl)cc3)n2)cc1. The van der Waals surface area contributed by atoms with Gasteiger partial charge in [0.25, 0.3) is 0 Å². The van der Waals surface area contributed by atoms with Crippen LogP contribution in [0.3, 0.4) is 0 Å². The number of anilines is 2. The monoisotopic (exact) mass is 360 g/mol. The van der Waals surface area contributed by atoms with Crippen molar-refractivity contribution >= 4 is 33.3 Å². The van der Waals surface area contributed by atoms with Crippen LogP contribution in [0.1, 0.15) is 0 Å². The third kappa shape index (κ3) is 3.88. The normalized spacial score (nSPS) is 11.2. The zero-order chi connectivity index (χ0) is 17.2. The number of benzene rings is 2. The molecule has 0 aliphatic carbocycles. The number of aromatic nitrogens is 2. The summed E-state index contributed by atoms with van der Waals surface area (Å²) in [4.78, 5) is 8.63. The predicted octanol–water partition coefficient (Wildman–Crippen LogP) is 3.19. The summed E-state index contributed by atoms with van der Waals surface area (Å²) in [5, 5.41) is 8.75. The van der Waals surface area contributed by atoms with E-state index in [4.69, 9.17) is 16.7 Å². The molecule has 0 spiro atoms. The van der Waals surface area contributed by atoms with E-state index in [1.165, 1.54) is 12.1 Å². The summed E-state index contributed by atoms with van der Waals surface area (Å²) in [7, 11) is -3.71. The van der Waals surface area contributed by atoms with Crippen LogP contribution in [0.5, 0.6) is 0 Å². The molecule has 0 amide bonds. The molecular weight excluding hydrogens is 348 g/mol. The molecule has 24 heavy (non-hydrogen) atoms. The van der Waals surface area contributed by atoms with Gasteiger partial charge in [-0.15, -0.1) is 0 Å². The Hall–Kier alpha value is -2.48. The minimum atomic E-state index is -3.71. The Morgan fingerprint density at radius 2 is 1.62 bits per heavy atom. The van der Waals surface area contributed by atoms with Crippen molar-refractivity contribution in [2.75, 3.05) is 5.32 Å². The van der Waals surface area contributed by atoms with Crippen molar-refractivity contribution in [3.63, 3.8) is 0 Å². The van der Waals surface area contributed by atoms with Gasteiger partial charge in [-0.25, -0.2) is 23.5 Å². The number of nitrogens with two attached hydrogens (primary N) is 1. The molecule has 0 aliphatic heterocycles. The van der Waals surface area contributed by atoms with Crippen molar-refractivity contribution < 1.29 is 8.42 Å². The van der Waals surface area contributed by atoms with E-state index in [1.807, 2.05) is 12.1 Å². The summed E-state index contributed by atoms with van der Waals surface area (Å²) < 4.78 is 22.5. The van der Waals surface area contributed by atoms with Crippen LogP contribution in [0.2, 0.25) is 5.02 Å². The Labute approximate surface area is 144 Å². The van der Waals surface area contributed by atoms with Crippen LogP contribution in [0.15, 0.2) is 65.7 Å². The van der Waals surface area contributed by atoms with Gasteiger partial charge in [0.1, 0.15) is 0 Å². The lowest BCUT2D eigenvalue weighted by molar-refractivity contribution is 0.598. The molecular formula is C16H13ClN4O2S. The van der Waals surface area contributed by atoms with E-state index in [-0.39, 0.29) is 4.90 Å². The number of nitrogens with one attached hydrogen (secondary N) is 1. The fourth-order valence-electron chi connectivity index (χ4n) is 2.06. The van der Waals surface area contributed by atoms with Crippen LogP contribution in [-0.2, 0) is 10.0 Å². The Morgan fingerprint density at radius 3 is 2.25 bits per heavy atom. The number of primary sulfonamides is 1. The fourth-order valence-corrected chi connectivity index (χ4v) is 2.70. The smallest absolute Gasteiger partial charge is 0.238 e. The third-order valence-corrected chi connectivity index (χ3v) is 4.42. The summed E-state index contributed by atoms with van der Waals surface area (Å²) in [5.41, 5.74) is 2.30. The molecule has 0 radical (unpaired) electrons. The maximum absolute atomic E-state index is 11.3. The zero-order valence-corrected chi connectivity index (χ0v) is 13.9. The van der Waals surface area contributed by atoms with Gasteiger partial charge in [0.2, 0.25) is 16.0 Å². The van der Waals surface area contributed by atoms with Crippen LogP contribution in [0, 0.1) is 0 Å². The topological polar surface area (TPSA) is 98.0 Å². The van der Waals surface area contributed by atoms with Crippen molar-refractivity contribution in [2.45, 2.75) is 4.90 Å². The Morgan fingerprint density at radius 1 is 0.958 bits per heavy atom. The molecule has 0 atom stereocenters. The summed E-state index contributed by atoms with van der Waals surface area (Å²) >= 11 is 5.89. The lowest BCUT2D eigenvalue weighted by atomic mass is 10.1. The van der Waals surface area contributed by atoms with Crippen LogP contribution in [0.25, 0.3) is 11.3 Å². The molecule has 0 fully saturated rings. The second-order valence-electron chi connectivity index (χ2n) is 4.97.